The normalized spacial score (nSPS) is 17.6. The number of imidazole rings is 1. The molecule has 31 heavy (non-hydrogen) atoms. The standard InChI is InChI=1S/C24H29FN4O2/c1-2-22(24(31)19-7-3-4-8-20(19)25)28-13-11-27(12-14-28)15-18(30)16-29-17-26-21-9-5-6-10-23(21)29/h3-10,17-18,22,30H,2,11-16H2,1H3. The summed E-state index contributed by atoms with van der Waals surface area (Å²) in [7, 11) is 0. The summed E-state index contributed by atoms with van der Waals surface area (Å²) in [6.07, 6.45) is 1.90. The third kappa shape index (κ3) is 4.84. The van der Waals surface area contributed by atoms with Crippen LogP contribution in [0.25, 0.3) is 11.0 Å². The molecule has 1 saturated heterocycles. The molecule has 2 heterocycles. The molecule has 6 nitrogen and oxygen atoms in total. The van der Waals surface area contributed by atoms with Crippen molar-refractivity contribution in [1.29, 1.82) is 0 Å². The molecule has 3 aromatic rings. The number of aliphatic hydroxyl groups excluding tert-OH is 1. The summed E-state index contributed by atoms with van der Waals surface area (Å²) in [6.45, 7) is 6.00. The molecule has 0 aliphatic carbocycles. The first kappa shape index (κ1) is 21.6. The second kappa shape index (κ2) is 9.68. The minimum atomic E-state index is -0.508. The molecule has 1 fully saturated rings. The number of para-hydroxylation sites is 2. The van der Waals surface area contributed by atoms with E-state index in [1.165, 1.54) is 6.07 Å². The lowest BCUT2D eigenvalue weighted by atomic mass is 9.99. The van der Waals surface area contributed by atoms with E-state index >= 15 is 0 Å². The second-order valence-electron chi connectivity index (χ2n) is 8.14. The number of benzene rings is 2. The molecule has 0 bridgehead atoms. The van der Waals surface area contributed by atoms with Gasteiger partial charge < -0.3 is 9.67 Å². The first-order valence-corrected chi connectivity index (χ1v) is 10.9. The molecule has 0 amide bonds. The van der Waals surface area contributed by atoms with Gasteiger partial charge in [-0.05, 0) is 30.7 Å². The van der Waals surface area contributed by atoms with Crippen molar-refractivity contribution in [3.8, 4) is 0 Å². The maximum absolute atomic E-state index is 14.1. The number of hydrogen-bond donors (Lipinski definition) is 1. The molecule has 0 radical (unpaired) electrons. The lowest BCUT2D eigenvalue weighted by molar-refractivity contribution is 0.0449. The predicted octanol–water partition coefficient (Wildman–Crippen LogP) is 2.82. The molecule has 1 aromatic heterocycles. The van der Waals surface area contributed by atoms with E-state index in [-0.39, 0.29) is 17.4 Å². The van der Waals surface area contributed by atoms with Gasteiger partial charge in [0.15, 0.2) is 5.78 Å². The average Bonchev–Trinajstić information content (AvgIpc) is 3.18. The Morgan fingerprint density at radius 2 is 1.77 bits per heavy atom. The van der Waals surface area contributed by atoms with Gasteiger partial charge in [-0.25, -0.2) is 9.37 Å². The number of rotatable bonds is 8. The predicted molar refractivity (Wildman–Crippen MR) is 119 cm³/mol. The van der Waals surface area contributed by atoms with Gasteiger partial charge in [-0.1, -0.05) is 31.2 Å². The molecule has 0 spiro atoms. The summed E-state index contributed by atoms with van der Waals surface area (Å²) in [4.78, 5) is 21.6. The first-order valence-electron chi connectivity index (χ1n) is 10.9. The van der Waals surface area contributed by atoms with E-state index in [0.29, 0.717) is 19.5 Å². The number of nitrogens with zero attached hydrogens (tertiary/aromatic N) is 4. The number of aliphatic hydroxyl groups is 1. The van der Waals surface area contributed by atoms with Gasteiger partial charge >= 0.3 is 0 Å². The van der Waals surface area contributed by atoms with E-state index in [1.807, 2.05) is 35.8 Å². The topological polar surface area (TPSA) is 61.6 Å². The fraction of sp³-hybridized carbons (Fsp3) is 0.417. The third-order valence-corrected chi connectivity index (χ3v) is 6.08. The summed E-state index contributed by atoms with van der Waals surface area (Å²) in [5.41, 5.74) is 2.11. The van der Waals surface area contributed by atoms with Crippen molar-refractivity contribution in [2.45, 2.75) is 32.0 Å². The maximum atomic E-state index is 14.1. The van der Waals surface area contributed by atoms with Crippen molar-refractivity contribution in [1.82, 2.24) is 19.4 Å². The molecule has 1 aliphatic rings. The lowest BCUT2D eigenvalue weighted by Crippen LogP contribution is -2.53. The molecule has 0 saturated carbocycles. The Morgan fingerprint density at radius 3 is 2.52 bits per heavy atom. The van der Waals surface area contributed by atoms with Crippen molar-refractivity contribution in [2.75, 3.05) is 32.7 Å². The van der Waals surface area contributed by atoms with Crippen molar-refractivity contribution in [2.24, 2.45) is 0 Å². The van der Waals surface area contributed by atoms with E-state index in [9.17, 15) is 14.3 Å². The van der Waals surface area contributed by atoms with Crippen molar-refractivity contribution >= 4 is 16.8 Å². The number of carbonyl (C=O) groups is 1. The minimum Gasteiger partial charge on any atom is -0.390 e. The summed E-state index contributed by atoms with van der Waals surface area (Å²) in [6, 6.07) is 13.8. The molecule has 4 rings (SSSR count). The molecule has 1 aliphatic heterocycles. The summed E-state index contributed by atoms with van der Waals surface area (Å²) >= 11 is 0. The highest BCUT2D eigenvalue weighted by Gasteiger charge is 2.30. The highest BCUT2D eigenvalue weighted by molar-refractivity contribution is 6.00. The SMILES string of the molecule is CCC(C(=O)c1ccccc1F)N1CCN(CC(O)Cn2cnc3ccccc32)CC1. The van der Waals surface area contributed by atoms with Crippen molar-refractivity contribution in [3.63, 3.8) is 0 Å². The van der Waals surface area contributed by atoms with E-state index in [2.05, 4.69) is 14.8 Å². The van der Waals surface area contributed by atoms with Gasteiger partial charge in [-0.2, -0.15) is 0 Å². The molecule has 1 N–H and O–H groups in total. The smallest absolute Gasteiger partial charge is 0.182 e. The fourth-order valence-corrected chi connectivity index (χ4v) is 4.45. The van der Waals surface area contributed by atoms with Gasteiger partial charge in [0.05, 0.1) is 41.6 Å². The molecule has 2 aromatic carbocycles. The average molecular weight is 425 g/mol. The van der Waals surface area contributed by atoms with Crippen LogP contribution in [0.1, 0.15) is 23.7 Å². The van der Waals surface area contributed by atoms with Gasteiger partial charge in [-0.3, -0.25) is 14.6 Å². The lowest BCUT2D eigenvalue weighted by Gasteiger charge is -2.39. The number of aromatic nitrogens is 2. The fourth-order valence-electron chi connectivity index (χ4n) is 4.45. The molecular weight excluding hydrogens is 395 g/mol. The Balaban J connectivity index is 1.31. The second-order valence-corrected chi connectivity index (χ2v) is 8.14. The Morgan fingerprint density at radius 1 is 1.06 bits per heavy atom. The highest BCUT2D eigenvalue weighted by atomic mass is 19.1. The number of ketones is 1. The molecule has 7 heteroatoms. The van der Waals surface area contributed by atoms with Gasteiger partial charge in [-0.15, -0.1) is 0 Å². The Bertz CT molecular complexity index is 1030. The number of halogens is 1. The number of fused-ring (bicyclic) bond motifs is 1. The number of hydrogen-bond acceptors (Lipinski definition) is 5. The summed E-state index contributed by atoms with van der Waals surface area (Å²) in [5.74, 6) is -0.610. The van der Waals surface area contributed by atoms with E-state index in [1.54, 1.807) is 24.5 Å². The van der Waals surface area contributed by atoms with E-state index in [4.69, 9.17) is 0 Å². The summed E-state index contributed by atoms with van der Waals surface area (Å²) in [5, 5.41) is 10.6. The number of β-amino-alcohol motifs (C(OH)–C–C–N with tert-alkyl or cyclic N) is 1. The zero-order valence-corrected chi connectivity index (χ0v) is 17.8. The van der Waals surface area contributed by atoms with Gasteiger partial charge in [0.25, 0.3) is 0 Å². The summed E-state index contributed by atoms with van der Waals surface area (Å²) < 4.78 is 16.1. The van der Waals surface area contributed by atoms with E-state index in [0.717, 1.165) is 37.2 Å². The molecule has 2 atom stereocenters. The quantitative estimate of drug-likeness (QED) is 0.564. The van der Waals surface area contributed by atoms with Crippen LogP contribution in [0.2, 0.25) is 0 Å². The Labute approximate surface area is 181 Å². The Kier molecular flexibility index (Phi) is 6.75. The van der Waals surface area contributed by atoms with Crippen LogP contribution in [0.3, 0.4) is 0 Å². The van der Waals surface area contributed by atoms with Crippen LogP contribution >= 0.6 is 0 Å². The number of carbonyl (C=O) groups excluding carboxylic acids is 1. The van der Waals surface area contributed by atoms with Crippen LogP contribution < -0.4 is 0 Å². The zero-order valence-electron chi connectivity index (χ0n) is 17.8. The molecule has 2 unspecified atom stereocenters. The van der Waals surface area contributed by atoms with Crippen LogP contribution in [0, 0.1) is 5.82 Å². The van der Waals surface area contributed by atoms with Gasteiger partial charge in [0.2, 0.25) is 0 Å². The zero-order chi connectivity index (χ0) is 21.8. The highest BCUT2D eigenvalue weighted by Crippen LogP contribution is 2.18. The van der Waals surface area contributed by atoms with Crippen LogP contribution in [0.5, 0.6) is 0 Å². The van der Waals surface area contributed by atoms with Gasteiger partial charge in [0, 0.05) is 32.7 Å². The number of piperazine rings is 1. The Hall–Kier alpha value is -2.61. The molecule has 164 valence electrons. The van der Waals surface area contributed by atoms with Crippen LogP contribution in [0.15, 0.2) is 54.9 Å². The van der Waals surface area contributed by atoms with Crippen LogP contribution in [-0.4, -0.2) is 75.1 Å². The third-order valence-electron chi connectivity index (χ3n) is 6.08. The minimum absolute atomic E-state index is 0.152. The molecular formula is C24H29FN4O2. The largest absolute Gasteiger partial charge is 0.390 e. The maximum Gasteiger partial charge on any atom is 0.182 e. The van der Waals surface area contributed by atoms with Crippen molar-refractivity contribution in [3.05, 3.63) is 66.2 Å². The van der Waals surface area contributed by atoms with Crippen LogP contribution in [-0.2, 0) is 6.54 Å². The van der Waals surface area contributed by atoms with Crippen molar-refractivity contribution < 1.29 is 14.3 Å². The van der Waals surface area contributed by atoms with E-state index < -0.39 is 11.9 Å². The monoisotopic (exact) mass is 424 g/mol. The van der Waals surface area contributed by atoms with Crippen LogP contribution in [0.4, 0.5) is 4.39 Å². The number of Topliss-reactive ketones (excluding diaryl/α,β-unsaturated/α-hetero) is 1. The van der Waals surface area contributed by atoms with Gasteiger partial charge in [0.1, 0.15) is 5.82 Å². The first-order chi connectivity index (χ1) is 15.1.